The molecular weight excluding hydrogens is 206 g/mol. The van der Waals surface area contributed by atoms with Gasteiger partial charge >= 0.3 is 0 Å². The molecular formula is C12H17NOS. The molecule has 0 aliphatic carbocycles. The second-order valence-electron chi connectivity index (χ2n) is 4.33. The second kappa shape index (κ2) is 4.45. The minimum Gasteiger partial charge on any atom is -0.316 e. The van der Waals surface area contributed by atoms with Crippen molar-refractivity contribution in [2.24, 2.45) is 11.8 Å². The summed E-state index contributed by atoms with van der Waals surface area (Å²) in [5.41, 5.74) is 0.943. The van der Waals surface area contributed by atoms with Crippen LogP contribution in [0, 0.1) is 18.8 Å². The lowest BCUT2D eigenvalue weighted by molar-refractivity contribution is 0.0848. The quantitative estimate of drug-likeness (QED) is 0.780. The Morgan fingerprint density at radius 1 is 1.60 bits per heavy atom. The van der Waals surface area contributed by atoms with Crippen LogP contribution < -0.4 is 5.32 Å². The molecule has 3 heteroatoms. The number of aryl methyl sites for hydroxylation is 1. The highest BCUT2D eigenvalue weighted by Crippen LogP contribution is 2.26. The largest absolute Gasteiger partial charge is 0.316 e. The third-order valence-corrected chi connectivity index (χ3v) is 4.09. The fourth-order valence-electron chi connectivity index (χ4n) is 2.24. The summed E-state index contributed by atoms with van der Waals surface area (Å²) in [6, 6.07) is 1.97. The molecule has 1 aliphatic heterocycles. The number of hydrogen-bond donors (Lipinski definition) is 1. The number of piperidine rings is 1. The van der Waals surface area contributed by atoms with Crippen LogP contribution in [-0.2, 0) is 0 Å². The number of carbonyl (C=O) groups is 1. The van der Waals surface area contributed by atoms with Crippen LogP contribution >= 0.6 is 11.3 Å². The molecule has 1 fully saturated rings. The molecule has 15 heavy (non-hydrogen) atoms. The molecule has 2 heterocycles. The first-order chi connectivity index (χ1) is 7.20. The van der Waals surface area contributed by atoms with Gasteiger partial charge in [0.05, 0.1) is 0 Å². The van der Waals surface area contributed by atoms with Crippen molar-refractivity contribution in [3.05, 3.63) is 21.9 Å². The van der Waals surface area contributed by atoms with Crippen molar-refractivity contribution in [3.8, 4) is 0 Å². The van der Waals surface area contributed by atoms with Crippen LogP contribution in [0.15, 0.2) is 11.4 Å². The predicted octanol–water partition coefficient (Wildman–Crippen LogP) is 2.48. The molecule has 1 N–H and O–H groups in total. The third-order valence-electron chi connectivity index (χ3n) is 3.25. The van der Waals surface area contributed by atoms with Crippen LogP contribution in [0.1, 0.15) is 28.6 Å². The SMILES string of the molecule is Cc1sccc1C(=O)C1CCNCC1C. The van der Waals surface area contributed by atoms with Crippen LogP contribution in [0.2, 0.25) is 0 Å². The van der Waals surface area contributed by atoms with Crippen LogP contribution in [0.5, 0.6) is 0 Å². The first-order valence-electron chi connectivity index (χ1n) is 5.49. The van der Waals surface area contributed by atoms with Gasteiger partial charge in [-0.3, -0.25) is 4.79 Å². The van der Waals surface area contributed by atoms with Gasteiger partial charge in [-0.2, -0.15) is 0 Å². The lowest BCUT2D eigenvalue weighted by atomic mass is 9.82. The van der Waals surface area contributed by atoms with Gasteiger partial charge in [-0.05, 0) is 43.8 Å². The number of ketones is 1. The minimum atomic E-state index is 0.222. The highest BCUT2D eigenvalue weighted by Gasteiger charge is 2.29. The second-order valence-corrected chi connectivity index (χ2v) is 5.45. The Hall–Kier alpha value is -0.670. The van der Waals surface area contributed by atoms with Gasteiger partial charge in [0.2, 0.25) is 0 Å². The Morgan fingerprint density at radius 2 is 2.40 bits per heavy atom. The summed E-state index contributed by atoms with van der Waals surface area (Å²) in [6.45, 7) is 6.14. The number of Topliss-reactive ketones (excluding diaryl/α,β-unsaturated/α-hetero) is 1. The summed E-state index contributed by atoms with van der Waals surface area (Å²) in [4.78, 5) is 13.4. The first kappa shape index (κ1) is 10.8. The normalized spacial score (nSPS) is 26.5. The van der Waals surface area contributed by atoms with Crippen molar-refractivity contribution in [1.29, 1.82) is 0 Å². The van der Waals surface area contributed by atoms with E-state index in [1.54, 1.807) is 11.3 Å². The predicted molar refractivity (Wildman–Crippen MR) is 63.5 cm³/mol. The summed E-state index contributed by atoms with van der Waals surface area (Å²) in [5.74, 6) is 1.04. The standard InChI is InChI=1S/C12H17NOS/c1-8-7-13-5-3-10(8)12(14)11-4-6-15-9(11)2/h4,6,8,10,13H,3,5,7H2,1-2H3. The van der Waals surface area contributed by atoms with Crippen molar-refractivity contribution < 1.29 is 4.79 Å². The van der Waals surface area contributed by atoms with Gasteiger partial charge in [0, 0.05) is 16.4 Å². The molecule has 2 rings (SSSR count). The molecule has 82 valence electrons. The molecule has 1 saturated heterocycles. The number of nitrogens with one attached hydrogen (secondary N) is 1. The Labute approximate surface area is 94.7 Å². The highest BCUT2D eigenvalue weighted by molar-refractivity contribution is 7.10. The van der Waals surface area contributed by atoms with E-state index < -0.39 is 0 Å². The van der Waals surface area contributed by atoms with Gasteiger partial charge in [-0.15, -0.1) is 11.3 Å². The maximum Gasteiger partial charge on any atom is 0.167 e. The maximum atomic E-state index is 12.3. The van der Waals surface area contributed by atoms with Gasteiger partial charge < -0.3 is 5.32 Å². The van der Waals surface area contributed by atoms with E-state index in [0.717, 1.165) is 30.0 Å². The van der Waals surface area contributed by atoms with Gasteiger partial charge in [0.25, 0.3) is 0 Å². The fourth-order valence-corrected chi connectivity index (χ4v) is 2.95. The number of hydrogen-bond acceptors (Lipinski definition) is 3. The Balaban J connectivity index is 2.17. The highest BCUT2D eigenvalue weighted by atomic mass is 32.1. The molecule has 0 amide bonds. The smallest absolute Gasteiger partial charge is 0.167 e. The monoisotopic (exact) mass is 223 g/mol. The van der Waals surface area contributed by atoms with Crippen LogP contribution in [0.4, 0.5) is 0 Å². The lowest BCUT2D eigenvalue weighted by Crippen LogP contribution is -2.38. The molecule has 0 saturated carbocycles. The van der Waals surface area contributed by atoms with Crippen molar-refractivity contribution >= 4 is 17.1 Å². The van der Waals surface area contributed by atoms with E-state index in [-0.39, 0.29) is 5.92 Å². The number of thiophene rings is 1. The Kier molecular flexibility index (Phi) is 3.22. The molecule has 2 nitrogen and oxygen atoms in total. The van der Waals surface area contributed by atoms with Crippen LogP contribution in [-0.4, -0.2) is 18.9 Å². The number of carbonyl (C=O) groups excluding carboxylic acids is 1. The summed E-state index contributed by atoms with van der Waals surface area (Å²) < 4.78 is 0. The molecule has 1 aliphatic rings. The molecule has 1 aromatic heterocycles. The third kappa shape index (κ3) is 2.13. The molecule has 2 unspecified atom stereocenters. The van der Waals surface area contributed by atoms with Gasteiger partial charge in [-0.25, -0.2) is 0 Å². The Morgan fingerprint density at radius 3 is 3.00 bits per heavy atom. The van der Waals surface area contributed by atoms with Crippen LogP contribution in [0.25, 0.3) is 0 Å². The van der Waals surface area contributed by atoms with E-state index in [9.17, 15) is 4.79 Å². The van der Waals surface area contributed by atoms with Crippen molar-refractivity contribution in [1.82, 2.24) is 5.32 Å². The van der Waals surface area contributed by atoms with E-state index in [1.807, 2.05) is 18.4 Å². The zero-order valence-corrected chi connectivity index (χ0v) is 10.1. The molecule has 0 radical (unpaired) electrons. The molecule has 2 atom stereocenters. The van der Waals surface area contributed by atoms with Crippen molar-refractivity contribution in [2.45, 2.75) is 20.3 Å². The molecule has 0 bridgehead atoms. The summed E-state index contributed by atoms with van der Waals surface area (Å²) in [5, 5.41) is 5.34. The zero-order valence-electron chi connectivity index (χ0n) is 9.25. The summed E-state index contributed by atoms with van der Waals surface area (Å²) in [7, 11) is 0. The van der Waals surface area contributed by atoms with E-state index in [4.69, 9.17) is 0 Å². The fraction of sp³-hybridized carbons (Fsp3) is 0.583. The average molecular weight is 223 g/mol. The average Bonchev–Trinajstić information content (AvgIpc) is 2.64. The summed E-state index contributed by atoms with van der Waals surface area (Å²) >= 11 is 1.66. The topological polar surface area (TPSA) is 29.1 Å². The van der Waals surface area contributed by atoms with Crippen molar-refractivity contribution in [3.63, 3.8) is 0 Å². The first-order valence-corrected chi connectivity index (χ1v) is 6.37. The zero-order chi connectivity index (χ0) is 10.8. The molecule has 0 aromatic carbocycles. The van der Waals surface area contributed by atoms with E-state index in [1.165, 1.54) is 0 Å². The minimum absolute atomic E-state index is 0.222. The van der Waals surface area contributed by atoms with Crippen molar-refractivity contribution in [2.75, 3.05) is 13.1 Å². The lowest BCUT2D eigenvalue weighted by Gasteiger charge is -2.28. The van der Waals surface area contributed by atoms with E-state index >= 15 is 0 Å². The Bertz CT molecular complexity index is 358. The van der Waals surface area contributed by atoms with E-state index in [2.05, 4.69) is 12.2 Å². The van der Waals surface area contributed by atoms with Gasteiger partial charge in [-0.1, -0.05) is 6.92 Å². The van der Waals surface area contributed by atoms with Gasteiger partial charge in [0.15, 0.2) is 5.78 Å². The van der Waals surface area contributed by atoms with Gasteiger partial charge in [0.1, 0.15) is 0 Å². The maximum absolute atomic E-state index is 12.3. The number of rotatable bonds is 2. The van der Waals surface area contributed by atoms with Crippen LogP contribution in [0.3, 0.4) is 0 Å². The van der Waals surface area contributed by atoms with E-state index in [0.29, 0.717) is 11.7 Å². The molecule has 0 spiro atoms. The summed E-state index contributed by atoms with van der Waals surface area (Å²) in [6.07, 6.45) is 0.981. The molecule has 1 aromatic rings.